The van der Waals surface area contributed by atoms with Gasteiger partial charge in [-0.3, -0.25) is 0 Å². The van der Waals surface area contributed by atoms with Gasteiger partial charge in [0.15, 0.2) is 0 Å². The Labute approximate surface area is 132 Å². The molecule has 0 bridgehead atoms. The molecule has 3 nitrogen and oxygen atoms in total. The van der Waals surface area contributed by atoms with Crippen molar-refractivity contribution in [3.8, 4) is 0 Å². The number of nitrogens with zero attached hydrogens (tertiary/aromatic N) is 1. The number of carboxylic acids is 1. The molecule has 0 aliphatic carbocycles. The third kappa shape index (κ3) is 4.76. The summed E-state index contributed by atoms with van der Waals surface area (Å²) >= 11 is 3.43. The summed E-state index contributed by atoms with van der Waals surface area (Å²) in [5.74, 6) is -0.938. The van der Waals surface area contributed by atoms with Crippen LogP contribution in [0.3, 0.4) is 0 Å². The summed E-state index contributed by atoms with van der Waals surface area (Å²) in [6, 6.07) is 16.0. The van der Waals surface area contributed by atoms with Crippen molar-refractivity contribution in [1.82, 2.24) is 0 Å². The summed E-state index contributed by atoms with van der Waals surface area (Å²) in [7, 11) is 2.03. The smallest absolute Gasteiger partial charge is 0.328 e. The fourth-order valence-electron chi connectivity index (χ4n) is 1.96. The van der Waals surface area contributed by atoms with Crippen molar-refractivity contribution in [3.05, 3.63) is 70.2 Å². The minimum atomic E-state index is -0.938. The summed E-state index contributed by atoms with van der Waals surface area (Å²) in [5, 5.41) is 8.60. The molecule has 1 N–H and O–H groups in total. The predicted octanol–water partition coefficient (Wildman–Crippen LogP) is 4.18. The first-order valence-electron chi connectivity index (χ1n) is 6.51. The van der Waals surface area contributed by atoms with Crippen molar-refractivity contribution in [2.24, 2.45) is 0 Å². The summed E-state index contributed by atoms with van der Waals surface area (Å²) in [5.41, 5.74) is 3.19. The number of hydrogen-bond donors (Lipinski definition) is 1. The van der Waals surface area contributed by atoms with E-state index in [0.29, 0.717) is 0 Å². The molecule has 2 rings (SSSR count). The van der Waals surface area contributed by atoms with Crippen molar-refractivity contribution in [2.75, 3.05) is 11.9 Å². The number of benzene rings is 2. The number of carbonyl (C=O) groups is 1. The van der Waals surface area contributed by atoms with Crippen molar-refractivity contribution in [3.63, 3.8) is 0 Å². The van der Waals surface area contributed by atoms with Crippen LogP contribution < -0.4 is 4.90 Å². The molecule has 2 aromatic rings. The first-order chi connectivity index (χ1) is 10.0. The lowest BCUT2D eigenvalue weighted by Gasteiger charge is -2.19. The number of halogens is 1. The topological polar surface area (TPSA) is 40.5 Å². The van der Waals surface area contributed by atoms with E-state index in [9.17, 15) is 4.79 Å². The molecule has 0 aliphatic rings. The zero-order valence-corrected chi connectivity index (χ0v) is 13.2. The van der Waals surface area contributed by atoms with E-state index in [1.807, 2.05) is 43.4 Å². The fourth-order valence-corrected chi connectivity index (χ4v) is 2.23. The highest BCUT2D eigenvalue weighted by Gasteiger charge is 2.02. The van der Waals surface area contributed by atoms with Gasteiger partial charge in [-0.2, -0.15) is 0 Å². The predicted molar refractivity (Wildman–Crippen MR) is 89.4 cm³/mol. The van der Waals surface area contributed by atoms with Crippen molar-refractivity contribution in [1.29, 1.82) is 0 Å². The Balaban J connectivity index is 2.04. The van der Waals surface area contributed by atoms with E-state index in [1.165, 1.54) is 5.56 Å². The molecule has 0 fully saturated rings. The van der Waals surface area contributed by atoms with Crippen LogP contribution in [0.25, 0.3) is 6.08 Å². The van der Waals surface area contributed by atoms with E-state index < -0.39 is 5.97 Å². The first-order valence-corrected chi connectivity index (χ1v) is 7.30. The third-order valence-corrected chi connectivity index (χ3v) is 3.61. The molecule has 108 valence electrons. The van der Waals surface area contributed by atoms with E-state index >= 15 is 0 Å². The molecule has 2 aromatic carbocycles. The van der Waals surface area contributed by atoms with E-state index in [4.69, 9.17) is 5.11 Å². The van der Waals surface area contributed by atoms with E-state index in [0.717, 1.165) is 28.3 Å². The molecule has 4 heteroatoms. The molecule has 0 unspecified atom stereocenters. The second-order valence-corrected chi connectivity index (χ2v) is 5.66. The Kier molecular flexibility index (Phi) is 5.17. The van der Waals surface area contributed by atoms with Gasteiger partial charge in [0.2, 0.25) is 0 Å². The molecular formula is C17H16BrNO2. The lowest BCUT2D eigenvalue weighted by molar-refractivity contribution is -0.131. The average Bonchev–Trinajstić information content (AvgIpc) is 2.48. The molecule has 0 amide bonds. The number of anilines is 1. The van der Waals surface area contributed by atoms with Crippen LogP contribution in [0.1, 0.15) is 11.1 Å². The zero-order valence-electron chi connectivity index (χ0n) is 11.7. The van der Waals surface area contributed by atoms with E-state index in [1.54, 1.807) is 6.08 Å². The van der Waals surface area contributed by atoms with Gasteiger partial charge in [-0.05, 0) is 41.5 Å². The Hall–Kier alpha value is -2.07. The first kappa shape index (κ1) is 15.3. The summed E-state index contributed by atoms with van der Waals surface area (Å²) in [4.78, 5) is 12.6. The lowest BCUT2D eigenvalue weighted by atomic mass is 10.1. The van der Waals surface area contributed by atoms with Crippen LogP contribution in [-0.2, 0) is 11.3 Å². The Bertz CT molecular complexity index is 633. The van der Waals surface area contributed by atoms with Gasteiger partial charge < -0.3 is 10.0 Å². The standard InChI is InChI=1S/C17H16BrNO2/c1-19(12-14-2-7-15(18)8-3-14)16-9-4-13(5-10-16)6-11-17(20)21/h2-11H,12H2,1H3,(H,20,21). The third-order valence-electron chi connectivity index (χ3n) is 3.09. The van der Waals surface area contributed by atoms with Crippen LogP contribution in [-0.4, -0.2) is 18.1 Å². The second kappa shape index (κ2) is 7.09. The summed E-state index contributed by atoms with van der Waals surface area (Å²) < 4.78 is 1.07. The molecule has 0 heterocycles. The van der Waals surface area contributed by atoms with Crippen LogP contribution >= 0.6 is 15.9 Å². The van der Waals surface area contributed by atoms with Crippen molar-refractivity contribution < 1.29 is 9.90 Å². The minimum Gasteiger partial charge on any atom is -0.478 e. The fraction of sp³-hybridized carbons (Fsp3) is 0.118. The van der Waals surface area contributed by atoms with Crippen LogP contribution in [0.4, 0.5) is 5.69 Å². The van der Waals surface area contributed by atoms with Crippen LogP contribution in [0.2, 0.25) is 0 Å². The van der Waals surface area contributed by atoms with Gasteiger partial charge in [-0.1, -0.05) is 40.2 Å². The molecule has 0 saturated heterocycles. The second-order valence-electron chi connectivity index (χ2n) is 4.75. The molecule has 0 aliphatic heterocycles. The maximum atomic E-state index is 10.5. The normalized spacial score (nSPS) is 10.8. The number of carboxylic acid groups (broad SMARTS) is 1. The molecule has 21 heavy (non-hydrogen) atoms. The Morgan fingerprint density at radius 3 is 2.33 bits per heavy atom. The molecule has 0 atom stereocenters. The summed E-state index contributed by atoms with van der Waals surface area (Å²) in [6.45, 7) is 0.817. The quantitative estimate of drug-likeness (QED) is 0.826. The Morgan fingerprint density at radius 2 is 1.76 bits per heavy atom. The van der Waals surface area contributed by atoms with Crippen LogP contribution in [0, 0.1) is 0 Å². The molecule has 0 spiro atoms. The highest BCUT2D eigenvalue weighted by Crippen LogP contribution is 2.18. The van der Waals surface area contributed by atoms with Gasteiger partial charge >= 0.3 is 5.97 Å². The average molecular weight is 346 g/mol. The van der Waals surface area contributed by atoms with Gasteiger partial charge in [0, 0.05) is 29.8 Å². The number of rotatable bonds is 5. The molecule has 0 radical (unpaired) electrons. The van der Waals surface area contributed by atoms with Gasteiger partial charge in [0.25, 0.3) is 0 Å². The lowest BCUT2D eigenvalue weighted by Crippen LogP contribution is -2.16. The van der Waals surface area contributed by atoms with Crippen LogP contribution in [0.5, 0.6) is 0 Å². The van der Waals surface area contributed by atoms with E-state index in [2.05, 4.69) is 33.0 Å². The van der Waals surface area contributed by atoms with Crippen molar-refractivity contribution >= 4 is 33.7 Å². The van der Waals surface area contributed by atoms with Gasteiger partial charge in [0.05, 0.1) is 0 Å². The van der Waals surface area contributed by atoms with Gasteiger partial charge in [-0.15, -0.1) is 0 Å². The SMILES string of the molecule is CN(Cc1ccc(Br)cc1)c1ccc(C=CC(=O)O)cc1. The Morgan fingerprint density at radius 1 is 1.14 bits per heavy atom. The highest BCUT2D eigenvalue weighted by atomic mass is 79.9. The zero-order chi connectivity index (χ0) is 15.2. The maximum Gasteiger partial charge on any atom is 0.328 e. The van der Waals surface area contributed by atoms with Crippen molar-refractivity contribution in [2.45, 2.75) is 6.54 Å². The summed E-state index contributed by atoms with van der Waals surface area (Å²) in [6.07, 6.45) is 2.72. The largest absolute Gasteiger partial charge is 0.478 e. The van der Waals surface area contributed by atoms with Gasteiger partial charge in [-0.25, -0.2) is 4.79 Å². The molecule has 0 saturated carbocycles. The number of aliphatic carboxylic acids is 1. The number of hydrogen-bond acceptors (Lipinski definition) is 2. The molecule has 0 aromatic heterocycles. The van der Waals surface area contributed by atoms with Gasteiger partial charge in [0.1, 0.15) is 0 Å². The van der Waals surface area contributed by atoms with Crippen LogP contribution in [0.15, 0.2) is 59.1 Å². The van der Waals surface area contributed by atoms with E-state index in [-0.39, 0.29) is 0 Å². The molecular weight excluding hydrogens is 330 g/mol. The monoisotopic (exact) mass is 345 g/mol. The minimum absolute atomic E-state index is 0.817. The maximum absolute atomic E-state index is 10.5. The highest BCUT2D eigenvalue weighted by molar-refractivity contribution is 9.10.